The number of methoxy groups -OCH3 is 1. The number of ether oxygens (including phenoxy) is 1. The monoisotopic (exact) mass is 286 g/mol. The highest BCUT2D eigenvalue weighted by Gasteiger charge is 2.36. The van der Waals surface area contributed by atoms with Crippen molar-refractivity contribution in [3.8, 4) is 11.8 Å². The maximum Gasteiger partial charge on any atom is 0.252 e. The van der Waals surface area contributed by atoms with Gasteiger partial charge in [0.15, 0.2) is 0 Å². The number of hydrogen-bond acceptors (Lipinski definition) is 3. The lowest BCUT2D eigenvalue weighted by Crippen LogP contribution is -2.49. The molecule has 0 saturated heterocycles. The van der Waals surface area contributed by atoms with Gasteiger partial charge in [-0.15, -0.1) is 0 Å². The van der Waals surface area contributed by atoms with E-state index in [1.807, 2.05) is 0 Å². The minimum Gasteiger partial charge on any atom is -0.497 e. The first-order chi connectivity index (χ1) is 10.1. The van der Waals surface area contributed by atoms with E-state index in [1.54, 1.807) is 31.4 Å². The number of benzene rings is 1. The first kappa shape index (κ1) is 15.4. The third-order valence-electron chi connectivity index (χ3n) is 4.43. The fourth-order valence-electron chi connectivity index (χ4n) is 2.90. The first-order valence-corrected chi connectivity index (χ1v) is 7.50. The lowest BCUT2D eigenvalue weighted by Gasteiger charge is -2.35. The molecule has 21 heavy (non-hydrogen) atoms. The van der Waals surface area contributed by atoms with Crippen molar-refractivity contribution in [2.24, 2.45) is 5.92 Å². The molecule has 0 aliphatic heterocycles. The summed E-state index contributed by atoms with van der Waals surface area (Å²) >= 11 is 0. The molecule has 1 N–H and O–H groups in total. The second-order valence-electron chi connectivity index (χ2n) is 5.73. The first-order valence-electron chi connectivity index (χ1n) is 7.50. The van der Waals surface area contributed by atoms with Crippen molar-refractivity contribution in [1.29, 1.82) is 5.26 Å². The van der Waals surface area contributed by atoms with E-state index in [0.717, 1.165) is 32.1 Å². The topological polar surface area (TPSA) is 62.1 Å². The summed E-state index contributed by atoms with van der Waals surface area (Å²) < 4.78 is 5.13. The maximum atomic E-state index is 12.4. The second-order valence-corrected chi connectivity index (χ2v) is 5.73. The molecule has 0 bridgehead atoms. The van der Waals surface area contributed by atoms with Crippen LogP contribution in [-0.2, 0) is 0 Å². The molecule has 1 aliphatic carbocycles. The zero-order chi connectivity index (χ0) is 15.3. The molecule has 112 valence electrons. The summed E-state index contributed by atoms with van der Waals surface area (Å²) in [5.74, 6) is 1.12. The van der Waals surface area contributed by atoms with Crippen molar-refractivity contribution in [1.82, 2.24) is 5.32 Å². The van der Waals surface area contributed by atoms with Crippen molar-refractivity contribution in [3.05, 3.63) is 29.8 Å². The van der Waals surface area contributed by atoms with Crippen LogP contribution >= 0.6 is 0 Å². The average molecular weight is 286 g/mol. The van der Waals surface area contributed by atoms with Gasteiger partial charge in [-0.05, 0) is 49.8 Å². The zero-order valence-corrected chi connectivity index (χ0v) is 12.7. The van der Waals surface area contributed by atoms with Crippen LogP contribution in [0.5, 0.6) is 5.75 Å². The number of rotatable bonds is 4. The average Bonchev–Trinajstić information content (AvgIpc) is 2.55. The van der Waals surface area contributed by atoms with Gasteiger partial charge in [0, 0.05) is 5.56 Å². The number of nitriles is 1. The standard InChI is InChI=1S/C17H22N2O2/c1-3-13-7-9-17(12-18,10-8-13)19-16(20)14-5-4-6-15(11-14)21-2/h4-6,11,13H,3,7-10H2,1-2H3,(H,19,20). The molecule has 1 aromatic rings. The Balaban J connectivity index is 2.08. The lowest BCUT2D eigenvalue weighted by atomic mass is 9.76. The van der Waals surface area contributed by atoms with Crippen LogP contribution in [0.4, 0.5) is 0 Å². The van der Waals surface area contributed by atoms with Crippen LogP contribution < -0.4 is 10.1 Å². The fourth-order valence-corrected chi connectivity index (χ4v) is 2.90. The van der Waals surface area contributed by atoms with Gasteiger partial charge >= 0.3 is 0 Å². The summed E-state index contributed by atoms with van der Waals surface area (Å²) in [6, 6.07) is 9.33. The molecule has 0 aromatic heterocycles. The Hall–Kier alpha value is -2.02. The van der Waals surface area contributed by atoms with Crippen LogP contribution in [0, 0.1) is 17.2 Å². The normalized spacial score (nSPS) is 24.9. The summed E-state index contributed by atoms with van der Waals surface area (Å²) in [6.45, 7) is 2.18. The molecule has 0 radical (unpaired) electrons. The minimum atomic E-state index is -0.716. The molecule has 1 amide bonds. The number of hydrogen-bond donors (Lipinski definition) is 1. The molecule has 2 rings (SSSR count). The van der Waals surface area contributed by atoms with Gasteiger partial charge in [0.25, 0.3) is 5.91 Å². The van der Waals surface area contributed by atoms with E-state index in [4.69, 9.17) is 4.74 Å². The Morgan fingerprint density at radius 2 is 2.19 bits per heavy atom. The molecule has 0 spiro atoms. The van der Waals surface area contributed by atoms with Gasteiger partial charge < -0.3 is 10.1 Å². The summed E-state index contributed by atoms with van der Waals surface area (Å²) in [5, 5.41) is 12.4. The molecule has 0 heterocycles. The van der Waals surface area contributed by atoms with E-state index in [-0.39, 0.29) is 5.91 Å². The zero-order valence-electron chi connectivity index (χ0n) is 12.7. The van der Waals surface area contributed by atoms with Crippen molar-refractivity contribution in [2.75, 3.05) is 7.11 Å². The van der Waals surface area contributed by atoms with Crippen LogP contribution in [0.1, 0.15) is 49.4 Å². The molecule has 1 aliphatic rings. The van der Waals surface area contributed by atoms with Crippen molar-refractivity contribution >= 4 is 5.91 Å². The Kier molecular flexibility index (Phi) is 4.85. The van der Waals surface area contributed by atoms with Crippen LogP contribution in [0.25, 0.3) is 0 Å². The molecule has 0 unspecified atom stereocenters. The highest BCUT2D eigenvalue weighted by Crippen LogP contribution is 2.33. The van der Waals surface area contributed by atoms with Crippen LogP contribution in [0.3, 0.4) is 0 Å². The minimum absolute atomic E-state index is 0.203. The van der Waals surface area contributed by atoms with Crippen molar-refractivity contribution < 1.29 is 9.53 Å². The Morgan fingerprint density at radius 1 is 1.48 bits per heavy atom. The van der Waals surface area contributed by atoms with Gasteiger partial charge in [0.2, 0.25) is 0 Å². The van der Waals surface area contributed by atoms with Gasteiger partial charge in [0.05, 0.1) is 13.2 Å². The Labute approximate surface area is 126 Å². The van der Waals surface area contributed by atoms with E-state index >= 15 is 0 Å². The molecule has 4 nitrogen and oxygen atoms in total. The number of nitrogens with one attached hydrogen (secondary N) is 1. The summed E-state index contributed by atoms with van der Waals surface area (Å²) in [7, 11) is 1.57. The highest BCUT2D eigenvalue weighted by molar-refractivity contribution is 5.95. The quantitative estimate of drug-likeness (QED) is 0.923. The van der Waals surface area contributed by atoms with Gasteiger partial charge in [-0.25, -0.2) is 0 Å². The van der Waals surface area contributed by atoms with Gasteiger partial charge in [-0.2, -0.15) is 5.26 Å². The number of amides is 1. The van der Waals surface area contributed by atoms with Gasteiger partial charge in [0.1, 0.15) is 11.3 Å². The van der Waals surface area contributed by atoms with E-state index in [2.05, 4.69) is 18.3 Å². The predicted octanol–water partition coefficient (Wildman–Crippen LogP) is 3.29. The van der Waals surface area contributed by atoms with Gasteiger partial charge in [-0.1, -0.05) is 19.4 Å². The van der Waals surface area contributed by atoms with Crippen molar-refractivity contribution in [3.63, 3.8) is 0 Å². The predicted molar refractivity (Wildman–Crippen MR) is 81.1 cm³/mol. The number of carbonyl (C=O) groups excluding carboxylic acids is 1. The Bertz CT molecular complexity index is 540. The van der Waals surface area contributed by atoms with Crippen LogP contribution in [0.2, 0.25) is 0 Å². The third-order valence-corrected chi connectivity index (χ3v) is 4.43. The molecular weight excluding hydrogens is 264 g/mol. The van der Waals surface area contributed by atoms with E-state index in [1.165, 1.54) is 0 Å². The highest BCUT2D eigenvalue weighted by atomic mass is 16.5. The molecule has 1 saturated carbocycles. The fraction of sp³-hybridized carbons (Fsp3) is 0.529. The summed E-state index contributed by atoms with van der Waals surface area (Å²) in [4.78, 5) is 12.4. The largest absolute Gasteiger partial charge is 0.497 e. The van der Waals surface area contributed by atoms with E-state index in [9.17, 15) is 10.1 Å². The molecule has 4 heteroatoms. The van der Waals surface area contributed by atoms with Gasteiger partial charge in [-0.3, -0.25) is 4.79 Å². The van der Waals surface area contributed by atoms with Crippen LogP contribution in [-0.4, -0.2) is 18.6 Å². The summed E-state index contributed by atoms with van der Waals surface area (Å²) in [6.07, 6.45) is 4.62. The summed E-state index contributed by atoms with van der Waals surface area (Å²) in [5.41, 5.74) is -0.187. The molecule has 1 aromatic carbocycles. The molecular formula is C17H22N2O2. The second kappa shape index (κ2) is 6.62. The molecule has 0 atom stereocenters. The van der Waals surface area contributed by atoms with Crippen LogP contribution in [0.15, 0.2) is 24.3 Å². The van der Waals surface area contributed by atoms with E-state index < -0.39 is 5.54 Å². The smallest absolute Gasteiger partial charge is 0.252 e. The maximum absolute atomic E-state index is 12.4. The number of carbonyl (C=O) groups is 1. The van der Waals surface area contributed by atoms with E-state index in [0.29, 0.717) is 17.2 Å². The molecule has 1 fully saturated rings. The third kappa shape index (κ3) is 3.55. The van der Waals surface area contributed by atoms with Crippen molar-refractivity contribution in [2.45, 2.75) is 44.6 Å². The number of nitrogens with zero attached hydrogens (tertiary/aromatic N) is 1. The lowest BCUT2D eigenvalue weighted by molar-refractivity contribution is 0.0891. The Morgan fingerprint density at radius 3 is 2.76 bits per heavy atom. The SMILES string of the molecule is CCC1CCC(C#N)(NC(=O)c2cccc(OC)c2)CC1.